The molecule has 2 aromatic heterocycles. The number of hydrogen-bond acceptors (Lipinski definition) is 3. The summed E-state index contributed by atoms with van der Waals surface area (Å²) >= 11 is 0. The smallest absolute Gasteiger partial charge is 0.341 e. The van der Waals surface area contributed by atoms with Crippen molar-refractivity contribution in [2.24, 2.45) is 0 Å². The number of aryl methyl sites for hydroxylation is 1. The van der Waals surface area contributed by atoms with Crippen LogP contribution in [0.3, 0.4) is 0 Å². The molecule has 1 aromatic carbocycles. The lowest BCUT2D eigenvalue weighted by Gasteiger charge is -1.83. The second-order valence-electron chi connectivity index (χ2n) is 4.30. The number of fused-ring (bicyclic) bond motifs is 1. The molecule has 0 amide bonds. The van der Waals surface area contributed by atoms with Crippen LogP contribution in [0.5, 0.6) is 0 Å². The molecular formula is C13H15N4O+. The van der Waals surface area contributed by atoms with Gasteiger partial charge in [0.05, 0.1) is 11.0 Å². The van der Waals surface area contributed by atoms with Gasteiger partial charge in [0.2, 0.25) is 0 Å². The third-order valence-electron chi connectivity index (χ3n) is 2.80. The van der Waals surface area contributed by atoms with Crippen molar-refractivity contribution in [2.75, 3.05) is 0 Å². The van der Waals surface area contributed by atoms with Crippen LogP contribution in [-0.4, -0.2) is 15.1 Å². The first-order valence-corrected chi connectivity index (χ1v) is 6.15. The van der Waals surface area contributed by atoms with Crippen LogP contribution >= 0.6 is 0 Å². The van der Waals surface area contributed by atoms with Gasteiger partial charge in [0.25, 0.3) is 0 Å². The fourth-order valence-corrected chi connectivity index (χ4v) is 1.98. The molecule has 2 heterocycles. The van der Waals surface area contributed by atoms with Gasteiger partial charge in [0.1, 0.15) is 12.2 Å². The fourth-order valence-electron chi connectivity index (χ4n) is 1.98. The van der Waals surface area contributed by atoms with Crippen LogP contribution in [0, 0.1) is 0 Å². The lowest BCUT2D eigenvalue weighted by atomic mass is 10.3. The molecule has 5 heteroatoms. The number of aromatic amines is 2. The molecule has 0 bridgehead atoms. The van der Waals surface area contributed by atoms with E-state index in [1.807, 2.05) is 24.3 Å². The maximum atomic E-state index is 5.20. The van der Waals surface area contributed by atoms with Crippen LogP contribution in [-0.2, 0) is 12.8 Å². The Morgan fingerprint density at radius 3 is 3.06 bits per heavy atom. The first-order valence-electron chi connectivity index (χ1n) is 6.15. The molecule has 92 valence electrons. The zero-order valence-corrected chi connectivity index (χ0v) is 10.2. The summed E-state index contributed by atoms with van der Waals surface area (Å²) in [7, 11) is 0. The summed E-state index contributed by atoms with van der Waals surface area (Å²) in [5.74, 6) is 2.52. The summed E-state index contributed by atoms with van der Waals surface area (Å²) in [6.07, 6.45) is 2.55. The van der Waals surface area contributed by atoms with Gasteiger partial charge >= 0.3 is 11.7 Å². The van der Waals surface area contributed by atoms with Crippen LogP contribution in [0.25, 0.3) is 11.0 Å². The Hall–Kier alpha value is -2.17. The fraction of sp³-hybridized carbons (Fsp3) is 0.308. The van der Waals surface area contributed by atoms with Crippen molar-refractivity contribution in [3.63, 3.8) is 0 Å². The lowest BCUT2D eigenvalue weighted by molar-refractivity contribution is -0.408. The standard InChI is InChI=1S/C13H14N4O/c1-2-5-13-16-12(17-18-13)8-11-14-9-6-3-4-7-10(9)15-11/h3-4,6-7H,2,5,8H2,1H3,(H,14,15)/p+1. The summed E-state index contributed by atoms with van der Waals surface area (Å²) in [5.41, 5.74) is 2.02. The average molecular weight is 243 g/mol. The molecule has 3 rings (SSSR count). The van der Waals surface area contributed by atoms with E-state index < -0.39 is 0 Å². The summed E-state index contributed by atoms with van der Waals surface area (Å²) in [5, 5.41) is 4.01. The highest BCUT2D eigenvalue weighted by Gasteiger charge is 2.16. The van der Waals surface area contributed by atoms with Crippen LogP contribution in [0.15, 0.2) is 28.8 Å². The van der Waals surface area contributed by atoms with Crippen molar-refractivity contribution in [3.8, 4) is 0 Å². The quantitative estimate of drug-likeness (QED) is 0.761. The number of para-hydroxylation sites is 2. The maximum absolute atomic E-state index is 5.20. The first-order chi connectivity index (χ1) is 8.85. The third kappa shape index (κ3) is 2.11. The van der Waals surface area contributed by atoms with Gasteiger partial charge in [-0.2, -0.15) is 0 Å². The topological polar surface area (TPSA) is 68.8 Å². The molecule has 3 aromatic rings. The van der Waals surface area contributed by atoms with E-state index in [1.165, 1.54) is 0 Å². The van der Waals surface area contributed by atoms with E-state index in [-0.39, 0.29) is 0 Å². The predicted octanol–water partition coefficient (Wildman–Crippen LogP) is 1.91. The van der Waals surface area contributed by atoms with E-state index in [9.17, 15) is 0 Å². The predicted molar refractivity (Wildman–Crippen MR) is 66.0 cm³/mol. The number of hydrogen-bond donors (Lipinski definition) is 1. The van der Waals surface area contributed by atoms with Gasteiger partial charge in [-0.25, -0.2) is 14.5 Å². The van der Waals surface area contributed by atoms with E-state index in [1.54, 1.807) is 0 Å². The molecule has 2 N–H and O–H groups in total. The number of nitrogens with one attached hydrogen (secondary N) is 2. The van der Waals surface area contributed by atoms with Gasteiger partial charge in [0.15, 0.2) is 5.16 Å². The molecule has 18 heavy (non-hydrogen) atoms. The summed E-state index contributed by atoms with van der Waals surface area (Å²) in [4.78, 5) is 10.9. The molecule has 0 saturated heterocycles. The molecule has 0 spiro atoms. The molecule has 0 saturated carbocycles. The van der Waals surface area contributed by atoms with E-state index in [2.05, 4.69) is 27.0 Å². The van der Waals surface area contributed by atoms with Gasteiger partial charge in [-0.15, -0.1) is 0 Å². The number of H-pyrrole nitrogens is 2. The zero-order valence-electron chi connectivity index (χ0n) is 10.2. The highest BCUT2D eigenvalue weighted by molar-refractivity contribution is 5.74. The first kappa shape index (κ1) is 11.0. The van der Waals surface area contributed by atoms with Crippen LogP contribution in [0.2, 0.25) is 0 Å². The highest BCUT2D eigenvalue weighted by atomic mass is 16.5. The van der Waals surface area contributed by atoms with Crippen molar-refractivity contribution in [1.82, 2.24) is 15.1 Å². The van der Waals surface area contributed by atoms with Crippen molar-refractivity contribution in [2.45, 2.75) is 26.2 Å². The second kappa shape index (κ2) is 4.60. The number of nitrogens with zero attached hydrogens (tertiary/aromatic N) is 2. The SMILES string of the molecule is CCCc1[nH+]c(Cc2nc3ccccc3[nH]2)no1. The van der Waals surface area contributed by atoms with E-state index in [0.717, 1.165) is 41.4 Å². The van der Waals surface area contributed by atoms with Crippen molar-refractivity contribution >= 4 is 11.0 Å². The van der Waals surface area contributed by atoms with E-state index >= 15 is 0 Å². The second-order valence-corrected chi connectivity index (χ2v) is 4.30. The lowest BCUT2D eigenvalue weighted by Crippen LogP contribution is -2.12. The molecule has 0 aliphatic rings. The summed E-state index contributed by atoms with van der Waals surface area (Å²) < 4.78 is 5.20. The molecule has 0 aliphatic heterocycles. The van der Waals surface area contributed by atoms with E-state index in [0.29, 0.717) is 6.42 Å². The van der Waals surface area contributed by atoms with Gasteiger partial charge in [-0.3, -0.25) is 0 Å². The summed E-state index contributed by atoms with van der Waals surface area (Å²) in [6, 6.07) is 7.98. The van der Waals surface area contributed by atoms with Crippen molar-refractivity contribution < 1.29 is 9.51 Å². The molecule has 0 radical (unpaired) electrons. The highest BCUT2D eigenvalue weighted by Crippen LogP contribution is 2.11. The van der Waals surface area contributed by atoms with E-state index in [4.69, 9.17) is 4.52 Å². The minimum absolute atomic E-state index is 0.627. The van der Waals surface area contributed by atoms with Crippen LogP contribution in [0.1, 0.15) is 30.9 Å². The third-order valence-corrected chi connectivity index (χ3v) is 2.80. The van der Waals surface area contributed by atoms with Crippen molar-refractivity contribution in [1.29, 1.82) is 0 Å². The molecule has 0 fully saturated rings. The molecule has 0 aliphatic carbocycles. The Labute approximate surface area is 104 Å². The van der Waals surface area contributed by atoms with Crippen molar-refractivity contribution in [3.05, 3.63) is 41.8 Å². The minimum Gasteiger partial charge on any atom is -0.341 e. The Morgan fingerprint density at radius 1 is 1.33 bits per heavy atom. The van der Waals surface area contributed by atoms with Gasteiger partial charge in [-0.05, 0) is 18.6 Å². The zero-order chi connectivity index (χ0) is 12.4. The Kier molecular flexibility index (Phi) is 2.80. The largest absolute Gasteiger partial charge is 0.354 e. The summed E-state index contributed by atoms with van der Waals surface area (Å²) in [6.45, 7) is 2.11. The molecule has 5 nitrogen and oxygen atoms in total. The van der Waals surface area contributed by atoms with Gasteiger partial charge in [-0.1, -0.05) is 19.1 Å². The number of aromatic nitrogens is 4. The normalized spacial score (nSPS) is 11.2. The number of imidazole rings is 1. The molecule has 0 unspecified atom stereocenters. The Bertz CT molecular complexity index is 623. The average Bonchev–Trinajstić information content (AvgIpc) is 2.96. The maximum Gasteiger partial charge on any atom is 0.354 e. The number of benzene rings is 1. The van der Waals surface area contributed by atoms with Crippen LogP contribution < -0.4 is 4.98 Å². The van der Waals surface area contributed by atoms with Gasteiger partial charge < -0.3 is 4.98 Å². The Morgan fingerprint density at radius 2 is 2.22 bits per heavy atom. The molecule has 0 atom stereocenters. The monoisotopic (exact) mass is 243 g/mol. The molecular weight excluding hydrogens is 228 g/mol. The van der Waals surface area contributed by atoms with Gasteiger partial charge in [0, 0.05) is 6.42 Å². The van der Waals surface area contributed by atoms with Crippen LogP contribution in [0.4, 0.5) is 0 Å². The minimum atomic E-state index is 0.627. The number of rotatable bonds is 4. The Balaban J connectivity index is 1.82.